The topological polar surface area (TPSA) is 161 Å². The van der Waals surface area contributed by atoms with Gasteiger partial charge in [0.25, 0.3) is 11.8 Å². The molecule has 0 spiro atoms. The molecule has 1 unspecified atom stereocenters. The fourth-order valence-electron chi connectivity index (χ4n) is 4.91. The summed E-state index contributed by atoms with van der Waals surface area (Å²) in [6, 6.07) is 1.54. The predicted octanol–water partition coefficient (Wildman–Crippen LogP) is 1.79. The minimum absolute atomic E-state index is 0.0153. The van der Waals surface area contributed by atoms with E-state index in [2.05, 4.69) is 26.8 Å². The molecule has 2 aliphatic heterocycles. The Bertz CT molecular complexity index is 1180. The number of piperidine rings is 1. The molecule has 2 aliphatic rings. The molecule has 11 nitrogen and oxygen atoms in total. The zero-order chi connectivity index (χ0) is 26.1. The first-order valence-electron chi connectivity index (χ1n) is 11.6. The number of anilines is 3. The maximum absolute atomic E-state index is 13.9. The summed E-state index contributed by atoms with van der Waals surface area (Å²) < 4.78 is 13.9. The van der Waals surface area contributed by atoms with Gasteiger partial charge in [0.15, 0.2) is 34.1 Å². The van der Waals surface area contributed by atoms with Crippen LogP contribution in [-0.4, -0.2) is 81.4 Å². The predicted molar refractivity (Wildman–Crippen MR) is 136 cm³/mol. The van der Waals surface area contributed by atoms with Crippen molar-refractivity contribution < 1.29 is 14.0 Å². The standard InChI is InChI=1S/C22H28Cl2FN9O2/c1-2-11-10-33(21-17(24)29-15(20(28)35)19(27)31-21)7-8-34(11)12-3-5-32(6-4-12)22(36)13-9-14(25)18(26)30-16(13)23/h9,11-12H,2-8,10H2,1H3,(H2,26,30)(H2,27,31)(H2,28,35). The minimum Gasteiger partial charge on any atom is -0.382 e. The van der Waals surface area contributed by atoms with Crippen LogP contribution in [0, 0.1) is 5.82 Å². The van der Waals surface area contributed by atoms with Crippen LogP contribution in [0.25, 0.3) is 0 Å². The van der Waals surface area contributed by atoms with Crippen LogP contribution in [0.3, 0.4) is 0 Å². The van der Waals surface area contributed by atoms with Crippen LogP contribution in [0.4, 0.5) is 21.8 Å². The molecule has 0 radical (unpaired) electrons. The molecule has 0 bridgehead atoms. The van der Waals surface area contributed by atoms with Gasteiger partial charge in [0.2, 0.25) is 0 Å². The lowest BCUT2D eigenvalue weighted by Crippen LogP contribution is -2.58. The van der Waals surface area contributed by atoms with Crippen LogP contribution >= 0.6 is 23.2 Å². The van der Waals surface area contributed by atoms with Crippen LogP contribution in [-0.2, 0) is 0 Å². The Kier molecular flexibility index (Phi) is 7.67. The first kappa shape index (κ1) is 26.1. The zero-order valence-electron chi connectivity index (χ0n) is 19.8. The minimum atomic E-state index is -0.783. The van der Waals surface area contributed by atoms with E-state index in [0.717, 1.165) is 31.9 Å². The van der Waals surface area contributed by atoms with Crippen molar-refractivity contribution >= 4 is 52.5 Å². The largest absolute Gasteiger partial charge is 0.382 e. The van der Waals surface area contributed by atoms with Gasteiger partial charge < -0.3 is 27.0 Å². The molecule has 4 heterocycles. The molecular weight excluding hydrogens is 512 g/mol. The lowest BCUT2D eigenvalue weighted by molar-refractivity contribution is 0.0490. The van der Waals surface area contributed by atoms with Crippen molar-refractivity contribution in [1.82, 2.24) is 24.8 Å². The maximum Gasteiger partial charge on any atom is 0.271 e. The van der Waals surface area contributed by atoms with E-state index in [4.69, 9.17) is 40.4 Å². The number of nitrogen functional groups attached to an aromatic ring is 2. The molecule has 36 heavy (non-hydrogen) atoms. The van der Waals surface area contributed by atoms with Crippen molar-refractivity contribution in [3.63, 3.8) is 0 Å². The van der Waals surface area contributed by atoms with Crippen molar-refractivity contribution in [3.05, 3.63) is 33.4 Å². The number of nitrogens with two attached hydrogens (primary N) is 3. The second-order valence-electron chi connectivity index (χ2n) is 8.90. The number of aromatic nitrogens is 3. The average Bonchev–Trinajstić information content (AvgIpc) is 2.86. The van der Waals surface area contributed by atoms with E-state index in [0.29, 0.717) is 32.0 Å². The fraction of sp³-hybridized carbons (Fsp3) is 0.500. The highest BCUT2D eigenvalue weighted by Gasteiger charge is 2.35. The highest BCUT2D eigenvalue weighted by molar-refractivity contribution is 6.33. The van der Waals surface area contributed by atoms with Gasteiger partial charge in [-0.1, -0.05) is 30.1 Å². The third-order valence-corrected chi connectivity index (χ3v) is 7.35. The molecule has 0 aliphatic carbocycles. The number of hydrogen-bond acceptors (Lipinski definition) is 9. The molecule has 2 amide bonds. The number of nitrogens with zero attached hydrogens (tertiary/aromatic N) is 6. The van der Waals surface area contributed by atoms with Gasteiger partial charge in [-0.2, -0.15) is 0 Å². The summed E-state index contributed by atoms with van der Waals surface area (Å²) in [6.45, 7) is 5.21. The summed E-state index contributed by atoms with van der Waals surface area (Å²) in [5, 5.41) is -0.0187. The van der Waals surface area contributed by atoms with Crippen molar-refractivity contribution in [3.8, 4) is 0 Å². The summed E-state index contributed by atoms with van der Waals surface area (Å²) in [7, 11) is 0. The molecule has 0 aromatic carbocycles. The lowest BCUT2D eigenvalue weighted by Gasteiger charge is -2.47. The van der Waals surface area contributed by atoms with E-state index < -0.39 is 11.7 Å². The first-order chi connectivity index (χ1) is 17.1. The van der Waals surface area contributed by atoms with Crippen LogP contribution in [0.2, 0.25) is 10.3 Å². The van der Waals surface area contributed by atoms with Gasteiger partial charge in [0.05, 0.1) is 5.56 Å². The Morgan fingerprint density at radius 3 is 2.39 bits per heavy atom. The zero-order valence-corrected chi connectivity index (χ0v) is 21.3. The SMILES string of the molecule is CCC1CN(c2nc(N)c(C(N)=O)nc2Cl)CCN1C1CCN(C(=O)c2cc(F)c(N)nc2Cl)CC1. The first-order valence-corrected chi connectivity index (χ1v) is 12.4. The smallest absolute Gasteiger partial charge is 0.271 e. The van der Waals surface area contributed by atoms with Gasteiger partial charge in [0, 0.05) is 44.8 Å². The maximum atomic E-state index is 13.9. The molecule has 2 aromatic heterocycles. The summed E-state index contributed by atoms with van der Waals surface area (Å²) in [6.07, 6.45) is 2.43. The Morgan fingerprint density at radius 1 is 1.06 bits per heavy atom. The highest BCUT2D eigenvalue weighted by Crippen LogP contribution is 2.30. The number of amides is 2. The van der Waals surface area contributed by atoms with Crippen molar-refractivity contribution in [2.75, 3.05) is 49.1 Å². The van der Waals surface area contributed by atoms with Crippen molar-refractivity contribution in [2.24, 2.45) is 5.73 Å². The highest BCUT2D eigenvalue weighted by atomic mass is 35.5. The Labute approximate surface area is 217 Å². The van der Waals surface area contributed by atoms with E-state index in [-0.39, 0.29) is 51.2 Å². The Hall–Kier alpha value is -2.96. The number of likely N-dealkylation sites (tertiary alicyclic amines) is 1. The number of carbonyl (C=O) groups is 2. The Balaban J connectivity index is 1.40. The van der Waals surface area contributed by atoms with Gasteiger partial charge in [-0.25, -0.2) is 19.3 Å². The van der Waals surface area contributed by atoms with Gasteiger partial charge in [-0.05, 0) is 25.3 Å². The molecule has 6 N–H and O–H groups in total. The molecular formula is C22H28Cl2FN9O2. The van der Waals surface area contributed by atoms with E-state index >= 15 is 0 Å². The molecule has 2 saturated heterocycles. The molecule has 1 atom stereocenters. The molecule has 2 aromatic rings. The molecule has 2 fully saturated rings. The van der Waals surface area contributed by atoms with E-state index in [9.17, 15) is 14.0 Å². The van der Waals surface area contributed by atoms with Crippen LogP contribution in [0.5, 0.6) is 0 Å². The number of pyridine rings is 1. The number of carbonyl (C=O) groups excluding carboxylic acids is 2. The number of hydrogen-bond donors (Lipinski definition) is 3. The number of rotatable bonds is 5. The van der Waals surface area contributed by atoms with E-state index in [1.807, 2.05) is 4.90 Å². The van der Waals surface area contributed by atoms with E-state index in [1.165, 1.54) is 0 Å². The summed E-state index contributed by atoms with van der Waals surface area (Å²) in [4.78, 5) is 42.6. The summed E-state index contributed by atoms with van der Waals surface area (Å²) in [5.41, 5.74) is 16.5. The van der Waals surface area contributed by atoms with Crippen LogP contribution < -0.4 is 22.1 Å². The quantitative estimate of drug-likeness (QED) is 0.480. The van der Waals surface area contributed by atoms with Crippen LogP contribution in [0.1, 0.15) is 47.0 Å². The van der Waals surface area contributed by atoms with Gasteiger partial charge >= 0.3 is 0 Å². The number of piperazine rings is 1. The molecule has 4 rings (SSSR count). The van der Waals surface area contributed by atoms with Crippen LogP contribution in [0.15, 0.2) is 6.07 Å². The normalized spacial score (nSPS) is 19.5. The van der Waals surface area contributed by atoms with E-state index in [1.54, 1.807) is 4.90 Å². The van der Waals surface area contributed by atoms with Gasteiger partial charge in [0.1, 0.15) is 5.15 Å². The summed E-state index contributed by atoms with van der Waals surface area (Å²) >= 11 is 12.4. The van der Waals surface area contributed by atoms with Gasteiger partial charge in [-0.3, -0.25) is 14.5 Å². The number of halogens is 3. The second kappa shape index (κ2) is 10.6. The van der Waals surface area contributed by atoms with Crippen molar-refractivity contribution in [2.45, 2.75) is 38.3 Å². The monoisotopic (exact) mass is 539 g/mol. The average molecular weight is 540 g/mol. The fourth-order valence-corrected chi connectivity index (χ4v) is 5.38. The lowest BCUT2D eigenvalue weighted by atomic mass is 9.97. The Morgan fingerprint density at radius 2 is 1.75 bits per heavy atom. The third-order valence-electron chi connectivity index (χ3n) is 6.80. The number of primary amides is 1. The second-order valence-corrected chi connectivity index (χ2v) is 9.62. The molecule has 14 heteroatoms. The third kappa shape index (κ3) is 5.11. The molecule has 194 valence electrons. The van der Waals surface area contributed by atoms with Gasteiger partial charge in [-0.15, -0.1) is 0 Å². The van der Waals surface area contributed by atoms with Crippen molar-refractivity contribution in [1.29, 1.82) is 0 Å². The molecule has 0 saturated carbocycles. The summed E-state index contributed by atoms with van der Waals surface area (Å²) in [5.74, 6) is -1.86.